The summed E-state index contributed by atoms with van der Waals surface area (Å²) in [7, 11) is 0. The van der Waals surface area contributed by atoms with Crippen molar-refractivity contribution in [2.75, 3.05) is 23.7 Å². The summed E-state index contributed by atoms with van der Waals surface area (Å²) < 4.78 is 0. The van der Waals surface area contributed by atoms with E-state index in [1.165, 1.54) is 0 Å². The van der Waals surface area contributed by atoms with Crippen LogP contribution in [0.15, 0.2) is 18.3 Å². The summed E-state index contributed by atoms with van der Waals surface area (Å²) >= 11 is 0. The number of nitrogens with two attached hydrogens (primary N) is 1. The highest BCUT2D eigenvalue weighted by atomic mass is 16.3. The molecular formula is C11H17N3O. The first kappa shape index (κ1) is 10.2. The Kier molecular flexibility index (Phi) is 2.77. The smallest absolute Gasteiger partial charge is 0.128 e. The second-order valence-corrected chi connectivity index (χ2v) is 4.23. The number of piperidine rings is 1. The van der Waals surface area contributed by atoms with Crippen LogP contribution in [0.25, 0.3) is 0 Å². The SMILES string of the molecule is C[C@H]1CN(c2ccc(N)cn2)CC[C@@H]1O. The number of nitrogen functional groups attached to an aromatic ring is 1. The highest BCUT2D eigenvalue weighted by Gasteiger charge is 2.24. The molecule has 0 aliphatic carbocycles. The van der Waals surface area contributed by atoms with Crippen molar-refractivity contribution >= 4 is 11.5 Å². The van der Waals surface area contributed by atoms with Crippen molar-refractivity contribution in [2.24, 2.45) is 5.92 Å². The highest BCUT2D eigenvalue weighted by Crippen LogP contribution is 2.21. The monoisotopic (exact) mass is 207 g/mol. The van der Waals surface area contributed by atoms with Crippen LogP contribution in [0.3, 0.4) is 0 Å². The Hall–Kier alpha value is -1.29. The third-order valence-electron chi connectivity index (χ3n) is 2.95. The van der Waals surface area contributed by atoms with Gasteiger partial charge in [-0.05, 0) is 24.5 Å². The molecule has 0 saturated carbocycles. The molecule has 82 valence electrons. The molecule has 4 heteroatoms. The molecule has 0 radical (unpaired) electrons. The molecule has 15 heavy (non-hydrogen) atoms. The van der Waals surface area contributed by atoms with E-state index in [1.54, 1.807) is 6.20 Å². The quantitative estimate of drug-likeness (QED) is 0.717. The van der Waals surface area contributed by atoms with E-state index >= 15 is 0 Å². The van der Waals surface area contributed by atoms with Crippen molar-refractivity contribution in [1.29, 1.82) is 0 Å². The number of anilines is 2. The maximum absolute atomic E-state index is 9.62. The zero-order valence-electron chi connectivity index (χ0n) is 8.93. The molecule has 4 nitrogen and oxygen atoms in total. The van der Waals surface area contributed by atoms with Gasteiger partial charge in [0.25, 0.3) is 0 Å². The minimum absolute atomic E-state index is 0.171. The summed E-state index contributed by atoms with van der Waals surface area (Å²) in [5, 5.41) is 9.62. The zero-order valence-corrected chi connectivity index (χ0v) is 8.93. The highest BCUT2D eigenvalue weighted by molar-refractivity contribution is 5.46. The topological polar surface area (TPSA) is 62.4 Å². The summed E-state index contributed by atoms with van der Waals surface area (Å²) in [6.45, 7) is 3.79. The fraction of sp³-hybridized carbons (Fsp3) is 0.545. The van der Waals surface area contributed by atoms with Crippen molar-refractivity contribution < 1.29 is 5.11 Å². The van der Waals surface area contributed by atoms with Gasteiger partial charge >= 0.3 is 0 Å². The molecule has 1 aliphatic heterocycles. The molecular weight excluding hydrogens is 190 g/mol. The van der Waals surface area contributed by atoms with Gasteiger partial charge in [0.2, 0.25) is 0 Å². The fourth-order valence-corrected chi connectivity index (χ4v) is 1.93. The average molecular weight is 207 g/mol. The molecule has 1 aromatic heterocycles. The Morgan fingerprint density at radius 1 is 1.53 bits per heavy atom. The number of hydrogen-bond donors (Lipinski definition) is 2. The van der Waals surface area contributed by atoms with Crippen LogP contribution in [0, 0.1) is 5.92 Å². The number of aliphatic hydroxyl groups is 1. The van der Waals surface area contributed by atoms with Gasteiger partial charge in [-0.2, -0.15) is 0 Å². The number of aromatic nitrogens is 1. The first-order valence-electron chi connectivity index (χ1n) is 5.31. The number of nitrogens with zero attached hydrogens (tertiary/aromatic N) is 2. The van der Waals surface area contributed by atoms with Crippen LogP contribution in [-0.4, -0.2) is 29.3 Å². The summed E-state index contributed by atoms with van der Waals surface area (Å²) in [4.78, 5) is 6.47. The average Bonchev–Trinajstić information content (AvgIpc) is 2.23. The van der Waals surface area contributed by atoms with Crippen LogP contribution in [0.1, 0.15) is 13.3 Å². The molecule has 1 aliphatic rings. The lowest BCUT2D eigenvalue weighted by Gasteiger charge is -2.35. The van der Waals surface area contributed by atoms with Crippen molar-refractivity contribution in [3.63, 3.8) is 0 Å². The summed E-state index contributed by atoms with van der Waals surface area (Å²) in [6.07, 6.45) is 2.31. The predicted octanol–water partition coefficient (Wildman–Crippen LogP) is 0.871. The van der Waals surface area contributed by atoms with E-state index in [9.17, 15) is 5.11 Å². The van der Waals surface area contributed by atoms with Crippen LogP contribution >= 0.6 is 0 Å². The molecule has 1 aromatic rings. The Bertz CT molecular complexity index is 325. The molecule has 0 spiro atoms. The van der Waals surface area contributed by atoms with Crippen molar-refractivity contribution in [3.05, 3.63) is 18.3 Å². The second kappa shape index (κ2) is 4.06. The molecule has 2 atom stereocenters. The molecule has 0 bridgehead atoms. The van der Waals surface area contributed by atoms with E-state index in [0.29, 0.717) is 11.6 Å². The number of rotatable bonds is 1. The molecule has 2 rings (SSSR count). The minimum Gasteiger partial charge on any atom is -0.397 e. The van der Waals surface area contributed by atoms with Gasteiger partial charge in [-0.3, -0.25) is 0 Å². The van der Waals surface area contributed by atoms with Gasteiger partial charge < -0.3 is 15.7 Å². The lowest BCUT2D eigenvalue weighted by Crippen LogP contribution is -2.42. The van der Waals surface area contributed by atoms with Crippen molar-refractivity contribution in [1.82, 2.24) is 4.98 Å². The van der Waals surface area contributed by atoms with E-state index in [1.807, 2.05) is 12.1 Å². The lowest BCUT2D eigenvalue weighted by atomic mass is 9.97. The van der Waals surface area contributed by atoms with E-state index in [2.05, 4.69) is 16.8 Å². The molecule has 0 amide bonds. The van der Waals surface area contributed by atoms with Crippen LogP contribution in [0.2, 0.25) is 0 Å². The molecule has 1 saturated heterocycles. The number of aliphatic hydroxyl groups excluding tert-OH is 1. The maximum atomic E-state index is 9.62. The van der Waals surface area contributed by atoms with Crippen LogP contribution in [0.5, 0.6) is 0 Å². The third-order valence-corrected chi connectivity index (χ3v) is 2.95. The lowest BCUT2D eigenvalue weighted by molar-refractivity contribution is 0.0969. The van der Waals surface area contributed by atoms with Gasteiger partial charge in [0, 0.05) is 13.1 Å². The van der Waals surface area contributed by atoms with Gasteiger partial charge in [0.1, 0.15) is 5.82 Å². The number of pyridine rings is 1. The third kappa shape index (κ3) is 2.21. The van der Waals surface area contributed by atoms with E-state index in [4.69, 9.17) is 5.73 Å². The Balaban J connectivity index is 2.08. The first-order chi connectivity index (χ1) is 7.16. The van der Waals surface area contributed by atoms with Gasteiger partial charge in [-0.1, -0.05) is 6.92 Å². The van der Waals surface area contributed by atoms with Gasteiger partial charge in [-0.25, -0.2) is 4.98 Å². The largest absolute Gasteiger partial charge is 0.397 e. The molecule has 3 N–H and O–H groups in total. The van der Waals surface area contributed by atoms with Gasteiger partial charge in [0.05, 0.1) is 18.0 Å². The molecule has 0 unspecified atom stereocenters. The van der Waals surface area contributed by atoms with Gasteiger partial charge in [0.15, 0.2) is 0 Å². The standard InChI is InChI=1S/C11H17N3O/c1-8-7-14(5-4-10(8)15)11-3-2-9(12)6-13-11/h2-3,6,8,10,15H,4-5,7,12H2,1H3/t8-,10-/m0/s1. The van der Waals surface area contributed by atoms with Crippen LogP contribution in [0.4, 0.5) is 11.5 Å². The fourth-order valence-electron chi connectivity index (χ4n) is 1.93. The van der Waals surface area contributed by atoms with Crippen molar-refractivity contribution in [2.45, 2.75) is 19.4 Å². The zero-order chi connectivity index (χ0) is 10.8. The van der Waals surface area contributed by atoms with Crippen molar-refractivity contribution in [3.8, 4) is 0 Å². The van der Waals surface area contributed by atoms with E-state index in [0.717, 1.165) is 25.3 Å². The van der Waals surface area contributed by atoms with E-state index in [-0.39, 0.29) is 6.10 Å². The summed E-state index contributed by atoms with van der Waals surface area (Å²) in [6, 6.07) is 3.79. The summed E-state index contributed by atoms with van der Waals surface area (Å²) in [5.41, 5.74) is 6.27. The molecule has 1 fully saturated rings. The van der Waals surface area contributed by atoms with Crippen LogP contribution < -0.4 is 10.6 Å². The molecule has 0 aromatic carbocycles. The predicted molar refractivity (Wildman–Crippen MR) is 60.7 cm³/mol. The normalized spacial score (nSPS) is 26.7. The first-order valence-corrected chi connectivity index (χ1v) is 5.31. The Morgan fingerprint density at radius 3 is 2.93 bits per heavy atom. The maximum Gasteiger partial charge on any atom is 0.128 e. The number of hydrogen-bond acceptors (Lipinski definition) is 4. The molecule has 2 heterocycles. The van der Waals surface area contributed by atoms with Crippen LogP contribution in [-0.2, 0) is 0 Å². The second-order valence-electron chi connectivity index (χ2n) is 4.23. The Labute approximate surface area is 89.7 Å². The van der Waals surface area contributed by atoms with Gasteiger partial charge in [-0.15, -0.1) is 0 Å². The Morgan fingerprint density at radius 2 is 2.33 bits per heavy atom. The minimum atomic E-state index is -0.171. The summed E-state index contributed by atoms with van der Waals surface area (Å²) in [5.74, 6) is 1.25. The van der Waals surface area contributed by atoms with E-state index < -0.39 is 0 Å².